The molecule has 0 bridgehead atoms. The molecule has 1 amide bonds. The standard InChI is InChI=1S/C16H19N3O/c1-3-18-16(20)14-7-6-12(2)15(9-14)19-11-13-5-4-8-17-10-13/h4-10,19H,3,11H2,1-2H3,(H,18,20). The Morgan fingerprint density at radius 3 is 2.85 bits per heavy atom. The van der Waals surface area contributed by atoms with Gasteiger partial charge in [0.05, 0.1) is 0 Å². The fraction of sp³-hybridized carbons (Fsp3) is 0.250. The first-order valence-corrected chi connectivity index (χ1v) is 6.72. The first kappa shape index (κ1) is 14.1. The Balaban J connectivity index is 2.10. The number of benzene rings is 1. The fourth-order valence-corrected chi connectivity index (χ4v) is 1.92. The number of rotatable bonds is 5. The molecule has 0 aliphatic carbocycles. The van der Waals surface area contributed by atoms with Crippen molar-refractivity contribution >= 4 is 11.6 Å². The number of hydrogen-bond donors (Lipinski definition) is 2. The van der Waals surface area contributed by atoms with Gasteiger partial charge in [0.25, 0.3) is 5.91 Å². The Labute approximate surface area is 119 Å². The van der Waals surface area contributed by atoms with Crippen molar-refractivity contribution in [2.75, 3.05) is 11.9 Å². The molecular formula is C16H19N3O. The van der Waals surface area contributed by atoms with Crippen LogP contribution in [0.15, 0.2) is 42.7 Å². The molecule has 2 rings (SSSR count). The van der Waals surface area contributed by atoms with E-state index in [0.717, 1.165) is 16.8 Å². The number of pyridine rings is 1. The molecule has 104 valence electrons. The number of nitrogens with zero attached hydrogens (tertiary/aromatic N) is 1. The lowest BCUT2D eigenvalue weighted by Gasteiger charge is -2.11. The molecule has 4 heteroatoms. The van der Waals surface area contributed by atoms with Crippen LogP contribution >= 0.6 is 0 Å². The Bertz CT molecular complexity index is 582. The van der Waals surface area contributed by atoms with Gasteiger partial charge in [0, 0.05) is 36.7 Å². The van der Waals surface area contributed by atoms with E-state index in [-0.39, 0.29) is 5.91 Å². The minimum absolute atomic E-state index is 0.0445. The molecule has 0 atom stereocenters. The van der Waals surface area contributed by atoms with E-state index in [1.165, 1.54) is 0 Å². The highest BCUT2D eigenvalue weighted by Gasteiger charge is 2.07. The highest BCUT2D eigenvalue weighted by atomic mass is 16.1. The van der Waals surface area contributed by atoms with Crippen molar-refractivity contribution in [2.24, 2.45) is 0 Å². The second-order valence-electron chi connectivity index (χ2n) is 4.60. The smallest absolute Gasteiger partial charge is 0.251 e. The molecule has 1 aromatic heterocycles. The second kappa shape index (κ2) is 6.70. The summed E-state index contributed by atoms with van der Waals surface area (Å²) in [6, 6.07) is 9.61. The first-order chi connectivity index (χ1) is 9.70. The van der Waals surface area contributed by atoms with Crippen LogP contribution in [-0.2, 0) is 6.54 Å². The lowest BCUT2D eigenvalue weighted by atomic mass is 10.1. The normalized spacial score (nSPS) is 10.1. The summed E-state index contributed by atoms with van der Waals surface area (Å²) in [7, 11) is 0. The quantitative estimate of drug-likeness (QED) is 0.877. The summed E-state index contributed by atoms with van der Waals surface area (Å²) in [4.78, 5) is 15.9. The number of aryl methyl sites for hydroxylation is 1. The third-order valence-corrected chi connectivity index (χ3v) is 3.04. The van der Waals surface area contributed by atoms with Crippen LogP contribution in [0.2, 0.25) is 0 Å². The van der Waals surface area contributed by atoms with Gasteiger partial charge in [0.2, 0.25) is 0 Å². The molecule has 0 aliphatic heterocycles. The maximum Gasteiger partial charge on any atom is 0.251 e. The van der Waals surface area contributed by atoms with Gasteiger partial charge in [-0.25, -0.2) is 0 Å². The van der Waals surface area contributed by atoms with Crippen molar-refractivity contribution in [2.45, 2.75) is 20.4 Å². The third kappa shape index (κ3) is 3.57. The fourth-order valence-electron chi connectivity index (χ4n) is 1.92. The van der Waals surface area contributed by atoms with Gasteiger partial charge in [0.1, 0.15) is 0 Å². The van der Waals surface area contributed by atoms with Crippen LogP contribution in [0.3, 0.4) is 0 Å². The number of carbonyl (C=O) groups excluding carboxylic acids is 1. The van der Waals surface area contributed by atoms with E-state index in [0.29, 0.717) is 18.7 Å². The highest BCUT2D eigenvalue weighted by Crippen LogP contribution is 2.17. The van der Waals surface area contributed by atoms with Crippen molar-refractivity contribution in [1.82, 2.24) is 10.3 Å². The van der Waals surface area contributed by atoms with Crippen molar-refractivity contribution < 1.29 is 4.79 Å². The van der Waals surface area contributed by atoms with Crippen LogP contribution in [0.1, 0.15) is 28.4 Å². The van der Waals surface area contributed by atoms with Crippen LogP contribution < -0.4 is 10.6 Å². The predicted octanol–water partition coefficient (Wildman–Crippen LogP) is 2.75. The van der Waals surface area contributed by atoms with E-state index in [2.05, 4.69) is 15.6 Å². The number of aromatic nitrogens is 1. The summed E-state index contributed by atoms with van der Waals surface area (Å²) in [5.74, 6) is -0.0445. The van der Waals surface area contributed by atoms with Gasteiger partial charge in [-0.2, -0.15) is 0 Å². The summed E-state index contributed by atoms with van der Waals surface area (Å²) in [6.07, 6.45) is 3.58. The zero-order valence-corrected chi connectivity index (χ0v) is 11.8. The van der Waals surface area contributed by atoms with Gasteiger partial charge >= 0.3 is 0 Å². The SMILES string of the molecule is CCNC(=O)c1ccc(C)c(NCc2cccnc2)c1. The van der Waals surface area contributed by atoms with Crippen molar-refractivity contribution in [3.05, 3.63) is 59.4 Å². The largest absolute Gasteiger partial charge is 0.381 e. The summed E-state index contributed by atoms with van der Waals surface area (Å²) in [6.45, 7) is 5.25. The third-order valence-electron chi connectivity index (χ3n) is 3.04. The van der Waals surface area contributed by atoms with Gasteiger partial charge < -0.3 is 10.6 Å². The van der Waals surface area contributed by atoms with Crippen molar-refractivity contribution in [3.8, 4) is 0 Å². The predicted molar refractivity (Wildman–Crippen MR) is 80.7 cm³/mol. The molecule has 0 unspecified atom stereocenters. The van der Waals surface area contributed by atoms with Crippen LogP contribution in [-0.4, -0.2) is 17.4 Å². The molecular weight excluding hydrogens is 250 g/mol. The van der Waals surface area contributed by atoms with Gasteiger partial charge in [-0.15, -0.1) is 0 Å². The van der Waals surface area contributed by atoms with E-state index in [1.54, 1.807) is 6.20 Å². The summed E-state index contributed by atoms with van der Waals surface area (Å²) in [5.41, 5.74) is 3.86. The molecule has 0 aliphatic rings. The van der Waals surface area contributed by atoms with E-state index < -0.39 is 0 Å². The monoisotopic (exact) mass is 269 g/mol. The molecule has 0 saturated heterocycles. The Morgan fingerprint density at radius 1 is 1.30 bits per heavy atom. The Kier molecular flexibility index (Phi) is 4.71. The maximum absolute atomic E-state index is 11.8. The van der Waals surface area contributed by atoms with Crippen LogP contribution in [0.4, 0.5) is 5.69 Å². The number of carbonyl (C=O) groups is 1. The maximum atomic E-state index is 11.8. The molecule has 0 fully saturated rings. The number of nitrogens with one attached hydrogen (secondary N) is 2. The zero-order chi connectivity index (χ0) is 14.4. The molecule has 0 saturated carbocycles. The van der Waals surface area contributed by atoms with Crippen LogP contribution in [0, 0.1) is 6.92 Å². The van der Waals surface area contributed by atoms with Crippen molar-refractivity contribution in [1.29, 1.82) is 0 Å². The molecule has 1 aromatic carbocycles. The molecule has 4 nitrogen and oxygen atoms in total. The molecule has 0 spiro atoms. The molecule has 2 aromatic rings. The van der Waals surface area contributed by atoms with E-state index in [1.807, 2.05) is 50.4 Å². The van der Waals surface area contributed by atoms with E-state index >= 15 is 0 Å². The van der Waals surface area contributed by atoms with Gasteiger partial charge in [-0.3, -0.25) is 9.78 Å². The van der Waals surface area contributed by atoms with E-state index in [9.17, 15) is 4.79 Å². The average Bonchev–Trinajstić information content (AvgIpc) is 2.47. The number of anilines is 1. The van der Waals surface area contributed by atoms with Gasteiger partial charge in [0.15, 0.2) is 0 Å². The summed E-state index contributed by atoms with van der Waals surface area (Å²) >= 11 is 0. The minimum Gasteiger partial charge on any atom is -0.381 e. The molecule has 0 radical (unpaired) electrons. The lowest BCUT2D eigenvalue weighted by Crippen LogP contribution is -2.22. The van der Waals surface area contributed by atoms with Crippen LogP contribution in [0.5, 0.6) is 0 Å². The zero-order valence-electron chi connectivity index (χ0n) is 11.8. The summed E-state index contributed by atoms with van der Waals surface area (Å²) in [5, 5.41) is 6.15. The van der Waals surface area contributed by atoms with Crippen molar-refractivity contribution in [3.63, 3.8) is 0 Å². The van der Waals surface area contributed by atoms with Gasteiger partial charge in [-0.1, -0.05) is 12.1 Å². The lowest BCUT2D eigenvalue weighted by molar-refractivity contribution is 0.0956. The topological polar surface area (TPSA) is 54.0 Å². The second-order valence-corrected chi connectivity index (χ2v) is 4.60. The van der Waals surface area contributed by atoms with E-state index in [4.69, 9.17) is 0 Å². The average molecular weight is 269 g/mol. The molecule has 20 heavy (non-hydrogen) atoms. The Morgan fingerprint density at radius 2 is 2.15 bits per heavy atom. The van der Waals surface area contributed by atoms with Crippen LogP contribution in [0.25, 0.3) is 0 Å². The van der Waals surface area contributed by atoms with Gasteiger partial charge in [-0.05, 0) is 43.2 Å². The highest BCUT2D eigenvalue weighted by molar-refractivity contribution is 5.95. The summed E-state index contributed by atoms with van der Waals surface area (Å²) < 4.78 is 0. The molecule has 2 N–H and O–H groups in total. The number of amides is 1. The molecule has 1 heterocycles. The first-order valence-electron chi connectivity index (χ1n) is 6.72. The Hall–Kier alpha value is -2.36. The number of hydrogen-bond acceptors (Lipinski definition) is 3. The minimum atomic E-state index is -0.0445.